The topological polar surface area (TPSA) is 65.7 Å². The number of aromatic nitrogens is 1. The minimum absolute atomic E-state index is 0.309. The quantitative estimate of drug-likeness (QED) is 0.589. The predicted molar refractivity (Wildman–Crippen MR) is 109 cm³/mol. The number of hydrogen-bond acceptors (Lipinski definition) is 4. The summed E-state index contributed by atoms with van der Waals surface area (Å²) in [7, 11) is 5.46. The first-order valence-electron chi connectivity index (χ1n) is 9.36. The second kappa shape index (κ2) is 9.26. The monoisotopic (exact) mass is 409 g/mol. The van der Waals surface area contributed by atoms with Gasteiger partial charge in [0.05, 0.1) is 23.7 Å². The maximum Gasteiger partial charge on any atom is 0.416 e. The second-order valence-electron chi connectivity index (χ2n) is 7.20. The summed E-state index contributed by atoms with van der Waals surface area (Å²) in [5, 5.41) is 10.1. The predicted octanol–water partition coefficient (Wildman–Crippen LogP) is 3.55. The number of alkyl halides is 3. The molecule has 1 aromatic carbocycles. The lowest BCUT2D eigenvalue weighted by atomic mass is 9.99. The molecule has 2 aromatic rings. The Morgan fingerprint density at radius 2 is 1.83 bits per heavy atom. The highest BCUT2D eigenvalue weighted by molar-refractivity contribution is 5.85. The van der Waals surface area contributed by atoms with Gasteiger partial charge in [0.1, 0.15) is 11.4 Å². The first-order chi connectivity index (χ1) is 13.6. The van der Waals surface area contributed by atoms with Crippen LogP contribution in [-0.2, 0) is 13.2 Å². The van der Waals surface area contributed by atoms with Gasteiger partial charge in [-0.2, -0.15) is 13.2 Å². The molecule has 0 spiro atoms. The summed E-state index contributed by atoms with van der Waals surface area (Å²) < 4.78 is 40.0. The molecule has 0 aliphatic carbocycles. The maximum absolute atomic E-state index is 12.8. The smallest absolute Gasteiger partial charge is 0.416 e. The van der Waals surface area contributed by atoms with Crippen molar-refractivity contribution in [2.24, 2.45) is 12.0 Å². The molecule has 1 saturated heterocycles. The molecule has 1 aromatic heterocycles. The van der Waals surface area contributed by atoms with Crippen molar-refractivity contribution < 1.29 is 22.8 Å². The summed E-state index contributed by atoms with van der Waals surface area (Å²) in [6.07, 6.45) is -0.102. The van der Waals surface area contributed by atoms with Gasteiger partial charge in [-0.3, -0.25) is 10.7 Å². The van der Waals surface area contributed by atoms with E-state index in [4.69, 9.17) is 5.73 Å². The third-order valence-electron chi connectivity index (χ3n) is 4.94. The fraction of sp³-hybridized carbons (Fsp3) is 0.429. The summed E-state index contributed by atoms with van der Waals surface area (Å²) in [6.45, 7) is 4.15. The molecule has 1 aliphatic rings. The van der Waals surface area contributed by atoms with Gasteiger partial charge in [-0.1, -0.05) is 0 Å². The molecule has 0 bridgehead atoms. The fourth-order valence-corrected chi connectivity index (χ4v) is 3.33. The number of halogens is 3. The molecule has 0 radical (unpaired) electrons. The number of rotatable bonds is 2. The number of nitrogens with zero attached hydrogens (tertiary/aromatic N) is 3. The minimum atomic E-state index is -4.51. The van der Waals surface area contributed by atoms with Crippen molar-refractivity contribution in [1.82, 2.24) is 4.90 Å². The van der Waals surface area contributed by atoms with Crippen LogP contribution in [0.1, 0.15) is 29.5 Å². The van der Waals surface area contributed by atoms with Crippen molar-refractivity contribution in [1.29, 1.82) is 0 Å². The number of aromatic hydroxyl groups is 1. The summed E-state index contributed by atoms with van der Waals surface area (Å²) in [6, 6.07) is 5.11. The molecule has 0 amide bonds. The number of aryl methyl sites for hydroxylation is 1. The zero-order chi connectivity index (χ0) is 21.8. The van der Waals surface area contributed by atoms with Gasteiger partial charge in [-0.15, -0.1) is 0 Å². The molecule has 8 heteroatoms. The molecule has 158 valence electrons. The lowest BCUT2D eigenvalue weighted by molar-refractivity contribution is -0.645. The van der Waals surface area contributed by atoms with E-state index >= 15 is 0 Å². The van der Waals surface area contributed by atoms with Crippen molar-refractivity contribution in [2.75, 3.05) is 32.9 Å². The summed E-state index contributed by atoms with van der Waals surface area (Å²) >= 11 is 0. The summed E-state index contributed by atoms with van der Waals surface area (Å²) in [5.74, 6) is -0.0453. The van der Waals surface area contributed by atoms with Crippen LogP contribution in [0.4, 0.5) is 19.0 Å². The molecular formula is C21H28F3N4O+. The Kier molecular flexibility index (Phi) is 7.24. The van der Waals surface area contributed by atoms with E-state index in [1.54, 1.807) is 37.0 Å². The van der Waals surface area contributed by atoms with E-state index in [1.807, 2.05) is 0 Å². The number of pyridine rings is 1. The molecule has 1 fully saturated rings. The SMILES string of the molecule is CN1CCCC1.CN=Cc1ccc(-c2c(C)cc(C(F)(F)F)cc2O)[n+](C)c1N. The van der Waals surface area contributed by atoms with Crippen LogP contribution in [-0.4, -0.2) is 43.4 Å². The third-order valence-corrected chi connectivity index (χ3v) is 4.94. The summed E-state index contributed by atoms with van der Waals surface area (Å²) in [4.78, 5) is 6.25. The van der Waals surface area contributed by atoms with E-state index in [-0.39, 0.29) is 0 Å². The Balaban J connectivity index is 0.000000426. The number of anilines is 1. The van der Waals surface area contributed by atoms with Crippen molar-refractivity contribution >= 4 is 12.0 Å². The van der Waals surface area contributed by atoms with Gasteiger partial charge >= 0.3 is 6.18 Å². The molecule has 0 atom stereocenters. The van der Waals surface area contributed by atoms with Gasteiger partial charge in [0.2, 0.25) is 0 Å². The maximum atomic E-state index is 12.8. The van der Waals surface area contributed by atoms with E-state index in [9.17, 15) is 18.3 Å². The molecular weight excluding hydrogens is 381 g/mol. The third kappa shape index (κ3) is 5.47. The highest BCUT2D eigenvalue weighted by Gasteiger charge is 2.32. The Morgan fingerprint density at radius 3 is 2.28 bits per heavy atom. The Labute approximate surface area is 169 Å². The Bertz CT molecular complexity index is 865. The van der Waals surface area contributed by atoms with Crippen LogP contribution in [0, 0.1) is 6.92 Å². The van der Waals surface area contributed by atoms with E-state index in [1.165, 1.54) is 32.9 Å². The van der Waals surface area contributed by atoms with Crippen molar-refractivity contribution in [2.45, 2.75) is 25.9 Å². The highest BCUT2D eigenvalue weighted by atomic mass is 19.4. The number of hydrogen-bond donors (Lipinski definition) is 2. The van der Waals surface area contributed by atoms with E-state index in [0.29, 0.717) is 28.2 Å². The van der Waals surface area contributed by atoms with E-state index in [0.717, 1.165) is 12.1 Å². The number of nitrogen functional groups attached to an aromatic ring is 1. The van der Waals surface area contributed by atoms with Crippen LogP contribution in [0.15, 0.2) is 29.3 Å². The fourth-order valence-electron chi connectivity index (χ4n) is 3.33. The average Bonchev–Trinajstić information content (AvgIpc) is 3.11. The molecule has 1 aliphatic heterocycles. The van der Waals surface area contributed by atoms with Gasteiger partial charge in [0, 0.05) is 13.3 Å². The minimum Gasteiger partial charge on any atom is -0.507 e. The lowest BCUT2D eigenvalue weighted by Crippen LogP contribution is -2.36. The van der Waals surface area contributed by atoms with E-state index in [2.05, 4.69) is 16.9 Å². The van der Waals surface area contributed by atoms with Crippen LogP contribution in [0.2, 0.25) is 0 Å². The number of phenolic OH excluding ortho intramolecular Hbond substituents is 1. The van der Waals surface area contributed by atoms with Crippen molar-refractivity contribution in [3.63, 3.8) is 0 Å². The zero-order valence-corrected chi connectivity index (χ0v) is 17.2. The Hall–Kier alpha value is -2.61. The standard InChI is InChI=1S/C16H16F3N3O.C5H11N/c1-9-6-11(16(17,18)19)7-13(23)14(9)12-5-4-10(8-21-2)15(20)22(12)3;1-6-4-2-3-5-6/h4-8H,1-3H3,(H2,20,21,23);2-5H2,1H3/p+1. The average molecular weight is 409 g/mol. The molecule has 3 N–H and O–H groups in total. The lowest BCUT2D eigenvalue weighted by Gasteiger charge is -2.14. The normalized spacial score (nSPS) is 14.9. The Morgan fingerprint density at radius 1 is 1.21 bits per heavy atom. The van der Waals surface area contributed by atoms with Crippen molar-refractivity contribution in [3.8, 4) is 17.0 Å². The number of phenols is 1. The number of likely N-dealkylation sites (tertiary alicyclic amines) is 1. The highest BCUT2D eigenvalue weighted by Crippen LogP contribution is 2.38. The molecule has 29 heavy (non-hydrogen) atoms. The van der Waals surface area contributed by atoms with Gasteiger partial charge in [0.15, 0.2) is 0 Å². The largest absolute Gasteiger partial charge is 0.507 e. The second-order valence-corrected chi connectivity index (χ2v) is 7.20. The molecule has 2 heterocycles. The van der Waals surface area contributed by atoms with Gasteiger partial charge in [0.25, 0.3) is 5.82 Å². The summed E-state index contributed by atoms with van der Waals surface area (Å²) in [5.41, 5.74) is 6.95. The molecule has 3 rings (SSSR count). The molecule has 0 saturated carbocycles. The first-order valence-corrected chi connectivity index (χ1v) is 9.36. The molecule has 0 unspecified atom stereocenters. The van der Waals surface area contributed by atoms with Crippen molar-refractivity contribution in [3.05, 3.63) is 41.0 Å². The van der Waals surface area contributed by atoms with Gasteiger partial charge in [-0.05, 0) is 69.7 Å². The molecule has 5 nitrogen and oxygen atoms in total. The van der Waals surface area contributed by atoms with E-state index < -0.39 is 17.5 Å². The number of benzene rings is 1. The van der Waals surface area contributed by atoms with Crippen LogP contribution < -0.4 is 10.3 Å². The van der Waals surface area contributed by atoms with Gasteiger partial charge < -0.3 is 10.0 Å². The number of aliphatic imine (C=N–C) groups is 1. The number of nitrogens with two attached hydrogens (primary N) is 1. The van der Waals surface area contributed by atoms with Crippen LogP contribution in [0.25, 0.3) is 11.3 Å². The first kappa shape index (κ1) is 22.7. The van der Waals surface area contributed by atoms with Crippen LogP contribution in [0.3, 0.4) is 0 Å². The van der Waals surface area contributed by atoms with Crippen LogP contribution >= 0.6 is 0 Å². The van der Waals surface area contributed by atoms with Gasteiger partial charge in [-0.25, -0.2) is 4.57 Å². The van der Waals surface area contributed by atoms with Crippen LogP contribution in [0.5, 0.6) is 5.75 Å². The zero-order valence-electron chi connectivity index (χ0n) is 17.2.